The molecule has 0 saturated carbocycles. The van der Waals surface area contributed by atoms with E-state index in [0.717, 1.165) is 19.4 Å². The molecule has 94 valence electrons. The molecule has 4 heteroatoms. The van der Waals surface area contributed by atoms with E-state index < -0.39 is 0 Å². The van der Waals surface area contributed by atoms with Crippen LogP contribution >= 0.6 is 0 Å². The lowest BCUT2D eigenvalue weighted by Crippen LogP contribution is -2.47. The van der Waals surface area contributed by atoms with Crippen LogP contribution in [0, 0.1) is 0 Å². The molecule has 1 aliphatic heterocycles. The molecule has 0 aromatic rings. The van der Waals surface area contributed by atoms with Gasteiger partial charge in [-0.05, 0) is 33.1 Å². The highest BCUT2D eigenvalue weighted by Crippen LogP contribution is 2.17. The van der Waals surface area contributed by atoms with Crippen LogP contribution in [0.1, 0.15) is 39.5 Å². The van der Waals surface area contributed by atoms with Crippen molar-refractivity contribution in [1.29, 1.82) is 0 Å². The largest absolute Gasteiger partial charge is 0.378 e. The predicted molar refractivity (Wildman–Crippen MR) is 64.1 cm³/mol. The second-order valence-electron chi connectivity index (χ2n) is 4.64. The number of nitrogens with two attached hydrogens (primary N) is 1. The van der Waals surface area contributed by atoms with E-state index in [-0.39, 0.29) is 18.1 Å². The summed E-state index contributed by atoms with van der Waals surface area (Å²) in [5, 5.41) is 0. The number of likely N-dealkylation sites (tertiary alicyclic amines) is 1. The number of amides is 1. The van der Waals surface area contributed by atoms with E-state index in [0.29, 0.717) is 19.6 Å². The maximum Gasteiger partial charge on any atom is 0.225 e. The van der Waals surface area contributed by atoms with E-state index in [4.69, 9.17) is 10.5 Å². The van der Waals surface area contributed by atoms with Gasteiger partial charge in [0.1, 0.15) is 0 Å². The summed E-state index contributed by atoms with van der Waals surface area (Å²) in [5.74, 6) is 0.191. The van der Waals surface area contributed by atoms with Crippen LogP contribution in [0.5, 0.6) is 0 Å². The van der Waals surface area contributed by atoms with Gasteiger partial charge in [-0.25, -0.2) is 0 Å². The van der Waals surface area contributed by atoms with E-state index in [1.54, 1.807) is 0 Å². The highest BCUT2D eigenvalue weighted by Gasteiger charge is 2.24. The molecule has 0 aliphatic carbocycles. The summed E-state index contributed by atoms with van der Waals surface area (Å²) in [7, 11) is 0. The van der Waals surface area contributed by atoms with Gasteiger partial charge in [0.25, 0.3) is 0 Å². The molecular weight excluding hydrogens is 204 g/mol. The third-order valence-corrected chi connectivity index (χ3v) is 2.99. The number of piperidine rings is 1. The molecule has 0 aromatic heterocycles. The molecular formula is C12H24N2O2. The van der Waals surface area contributed by atoms with Crippen LogP contribution in [0.2, 0.25) is 0 Å². The summed E-state index contributed by atoms with van der Waals surface area (Å²) in [4.78, 5) is 13.9. The Morgan fingerprint density at radius 1 is 1.50 bits per heavy atom. The number of ether oxygens (including phenoxy) is 1. The Hall–Kier alpha value is -0.610. The first kappa shape index (κ1) is 13.5. The van der Waals surface area contributed by atoms with Gasteiger partial charge in [0.05, 0.1) is 19.1 Å². The Kier molecular flexibility index (Phi) is 5.77. The molecule has 1 aliphatic rings. The van der Waals surface area contributed by atoms with Crippen LogP contribution in [-0.4, -0.2) is 42.6 Å². The monoisotopic (exact) mass is 228 g/mol. The van der Waals surface area contributed by atoms with Crippen LogP contribution in [0.3, 0.4) is 0 Å². The molecule has 0 aromatic carbocycles. The van der Waals surface area contributed by atoms with Crippen molar-refractivity contribution >= 4 is 5.91 Å². The average Bonchev–Trinajstić information content (AvgIpc) is 2.28. The minimum absolute atomic E-state index is 0.191. The van der Waals surface area contributed by atoms with E-state index >= 15 is 0 Å². The predicted octanol–water partition coefficient (Wildman–Crippen LogP) is 1.14. The molecule has 1 heterocycles. The van der Waals surface area contributed by atoms with E-state index in [1.165, 1.54) is 6.42 Å². The number of nitrogens with zero attached hydrogens (tertiary/aromatic N) is 1. The van der Waals surface area contributed by atoms with Crippen molar-refractivity contribution in [3.05, 3.63) is 0 Å². The smallest absolute Gasteiger partial charge is 0.225 e. The van der Waals surface area contributed by atoms with Gasteiger partial charge in [0.2, 0.25) is 5.91 Å². The van der Waals surface area contributed by atoms with Gasteiger partial charge < -0.3 is 15.4 Å². The van der Waals surface area contributed by atoms with E-state index in [1.807, 2.05) is 18.7 Å². The van der Waals surface area contributed by atoms with Crippen LogP contribution in [0.4, 0.5) is 0 Å². The Balaban J connectivity index is 2.33. The minimum Gasteiger partial charge on any atom is -0.378 e. The molecule has 1 rings (SSSR count). The van der Waals surface area contributed by atoms with Crippen molar-refractivity contribution in [2.24, 2.45) is 5.73 Å². The Morgan fingerprint density at radius 2 is 2.25 bits per heavy atom. The second kappa shape index (κ2) is 6.86. The summed E-state index contributed by atoms with van der Waals surface area (Å²) >= 11 is 0. The quantitative estimate of drug-likeness (QED) is 0.767. The van der Waals surface area contributed by atoms with Crippen molar-refractivity contribution in [2.75, 3.05) is 19.7 Å². The van der Waals surface area contributed by atoms with Crippen molar-refractivity contribution < 1.29 is 9.53 Å². The van der Waals surface area contributed by atoms with Crippen LogP contribution in [0.15, 0.2) is 0 Å². The summed E-state index contributed by atoms with van der Waals surface area (Å²) in [6.07, 6.45) is 4.02. The first-order chi connectivity index (χ1) is 7.65. The van der Waals surface area contributed by atoms with E-state index in [9.17, 15) is 4.79 Å². The number of carbonyl (C=O) groups is 1. The Morgan fingerprint density at radius 3 is 2.88 bits per heavy atom. The molecule has 1 fully saturated rings. The van der Waals surface area contributed by atoms with Crippen molar-refractivity contribution in [1.82, 2.24) is 4.90 Å². The van der Waals surface area contributed by atoms with Crippen LogP contribution < -0.4 is 5.73 Å². The standard InChI is InChI=1S/C12H24N2O2/c1-10(2)16-8-6-12(15)14-7-4-3-5-11(14)9-13/h10-11H,3-9,13H2,1-2H3. The Bertz CT molecular complexity index is 219. The van der Waals surface area contributed by atoms with Crippen molar-refractivity contribution in [2.45, 2.75) is 51.7 Å². The highest BCUT2D eigenvalue weighted by molar-refractivity contribution is 5.76. The van der Waals surface area contributed by atoms with E-state index in [2.05, 4.69) is 0 Å². The van der Waals surface area contributed by atoms with Gasteiger partial charge in [0.15, 0.2) is 0 Å². The third kappa shape index (κ3) is 4.10. The van der Waals surface area contributed by atoms with Gasteiger partial charge in [-0.15, -0.1) is 0 Å². The summed E-state index contributed by atoms with van der Waals surface area (Å²) in [6.45, 7) is 5.92. The molecule has 4 nitrogen and oxygen atoms in total. The average molecular weight is 228 g/mol. The zero-order valence-corrected chi connectivity index (χ0v) is 10.4. The fraction of sp³-hybridized carbons (Fsp3) is 0.917. The minimum atomic E-state index is 0.191. The molecule has 0 spiro atoms. The zero-order chi connectivity index (χ0) is 12.0. The third-order valence-electron chi connectivity index (χ3n) is 2.99. The lowest BCUT2D eigenvalue weighted by Gasteiger charge is -2.35. The molecule has 1 unspecified atom stereocenters. The fourth-order valence-electron chi connectivity index (χ4n) is 2.10. The first-order valence-corrected chi connectivity index (χ1v) is 6.26. The fourth-order valence-corrected chi connectivity index (χ4v) is 2.10. The van der Waals surface area contributed by atoms with Crippen LogP contribution in [-0.2, 0) is 9.53 Å². The first-order valence-electron chi connectivity index (χ1n) is 6.26. The molecule has 1 atom stereocenters. The normalized spacial score (nSPS) is 21.5. The molecule has 0 radical (unpaired) electrons. The number of rotatable bonds is 5. The van der Waals surface area contributed by atoms with Crippen LogP contribution in [0.25, 0.3) is 0 Å². The van der Waals surface area contributed by atoms with Gasteiger partial charge in [-0.3, -0.25) is 4.79 Å². The maximum atomic E-state index is 11.9. The maximum absolute atomic E-state index is 11.9. The number of hydrogen-bond donors (Lipinski definition) is 1. The number of hydrogen-bond acceptors (Lipinski definition) is 3. The topological polar surface area (TPSA) is 55.6 Å². The molecule has 1 amide bonds. The van der Waals surface area contributed by atoms with Gasteiger partial charge in [-0.2, -0.15) is 0 Å². The summed E-state index contributed by atoms with van der Waals surface area (Å²) in [6, 6.07) is 0.250. The lowest BCUT2D eigenvalue weighted by molar-refractivity contribution is -0.136. The summed E-state index contributed by atoms with van der Waals surface area (Å²) < 4.78 is 5.39. The zero-order valence-electron chi connectivity index (χ0n) is 10.4. The molecule has 1 saturated heterocycles. The van der Waals surface area contributed by atoms with Crippen molar-refractivity contribution in [3.8, 4) is 0 Å². The van der Waals surface area contributed by atoms with Gasteiger partial charge in [0, 0.05) is 19.1 Å². The number of carbonyl (C=O) groups excluding carboxylic acids is 1. The molecule has 2 N–H and O–H groups in total. The Labute approximate surface area is 98.1 Å². The van der Waals surface area contributed by atoms with Crippen molar-refractivity contribution in [3.63, 3.8) is 0 Å². The van der Waals surface area contributed by atoms with Gasteiger partial charge in [-0.1, -0.05) is 0 Å². The van der Waals surface area contributed by atoms with Gasteiger partial charge >= 0.3 is 0 Å². The molecule has 0 bridgehead atoms. The lowest BCUT2D eigenvalue weighted by atomic mass is 10.0. The molecule has 16 heavy (non-hydrogen) atoms. The summed E-state index contributed by atoms with van der Waals surface area (Å²) in [5.41, 5.74) is 5.68. The SMILES string of the molecule is CC(C)OCCC(=O)N1CCCCC1CN. The highest BCUT2D eigenvalue weighted by atomic mass is 16.5. The second-order valence-corrected chi connectivity index (χ2v) is 4.64.